The van der Waals surface area contributed by atoms with E-state index in [1.54, 1.807) is 26.3 Å². The van der Waals surface area contributed by atoms with Gasteiger partial charge in [0.1, 0.15) is 12.1 Å². The smallest absolute Gasteiger partial charge is 0.216 e. The highest BCUT2D eigenvalue weighted by molar-refractivity contribution is 9.10. The number of likely N-dealkylation sites (N-methyl/N-ethyl adjacent to an activating group) is 1. The van der Waals surface area contributed by atoms with Crippen LogP contribution in [0.25, 0.3) is 0 Å². The number of hydrogen-bond donors (Lipinski definition) is 1. The van der Waals surface area contributed by atoms with E-state index in [1.165, 1.54) is 12.4 Å². The van der Waals surface area contributed by atoms with Crippen molar-refractivity contribution in [3.63, 3.8) is 0 Å². The zero-order valence-electron chi connectivity index (χ0n) is 11.2. The summed E-state index contributed by atoms with van der Waals surface area (Å²) in [6, 6.07) is 6.50. The molecule has 0 aliphatic carbocycles. The largest absolute Gasteiger partial charge is 0.481 e. The van der Waals surface area contributed by atoms with Gasteiger partial charge in [0, 0.05) is 34.3 Å². The second-order valence-corrected chi connectivity index (χ2v) is 5.09. The second kappa shape index (κ2) is 6.76. The van der Waals surface area contributed by atoms with Gasteiger partial charge in [0.05, 0.1) is 7.11 Å². The van der Waals surface area contributed by atoms with E-state index >= 15 is 0 Å². The predicted octanol–water partition coefficient (Wildman–Crippen LogP) is 2.89. The molecule has 0 saturated carbocycles. The highest BCUT2D eigenvalue weighted by Gasteiger charge is 2.18. The van der Waals surface area contributed by atoms with E-state index in [2.05, 4.69) is 31.2 Å². The van der Waals surface area contributed by atoms with Crippen molar-refractivity contribution < 1.29 is 9.13 Å². The number of ether oxygens (including phenoxy) is 1. The van der Waals surface area contributed by atoms with Gasteiger partial charge in [-0.3, -0.25) is 0 Å². The van der Waals surface area contributed by atoms with Gasteiger partial charge in [-0.2, -0.15) is 0 Å². The SMILES string of the molecule is CNC(Cc1cc(OC)ncn1)c1c(F)cccc1Br. The van der Waals surface area contributed by atoms with Crippen LogP contribution in [0.2, 0.25) is 0 Å². The molecule has 1 aromatic heterocycles. The summed E-state index contributed by atoms with van der Waals surface area (Å²) < 4.78 is 19.8. The van der Waals surface area contributed by atoms with Crippen molar-refractivity contribution in [1.82, 2.24) is 15.3 Å². The van der Waals surface area contributed by atoms with Gasteiger partial charge in [-0.05, 0) is 19.2 Å². The molecule has 0 bridgehead atoms. The molecule has 4 nitrogen and oxygen atoms in total. The van der Waals surface area contributed by atoms with Crippen LogP contribution in [-0.2, 0) is 6.42 Å². The van der Waals surface area contributed by atoms with Crippen molar-refractivity contribution in [1.29, 1.82) is 0 Å². The molecule has 0 saturated heterocycles. The normalized spacial score (nSPS) is 12.2. The Labute approximate surface area is 125 Å². The van der Waals surface area contributed by atoms with Crippen LogP contribution >= 0.6 is 15.9 Å². The fourth-order valence-electron chi connectivity index (χ4n) is 2.00. The number of halogens is 2. The van der Waals surface area contributed by atoms with Gasteiger partial charge in [-0.15, -0.1) is 0 Å². The minimum atomic E-state index is -0.250. The lowest BCUT2D eigenvalue weighted by Gasteiger charge is -2.18. The van der Waals surface area contributed by atoms with Gasteiger partial charge in [-0.1, -0.05) is 22.0 Å². The first-order valence-electron chi connectivity index (χ1n) is 6.11. The standard InChI is InChI=1S/C14H15BrFN3O/c1-17-12(14-10(15)4-3-5-11(14)16)6-9-7-13(20-2)19-8-18-9/h3-5,7-8,12,17H,6H2,1-2H3. The van der Waals surface area contributed by atoms with E-state index in [0.717, 1.165) is 10.2 Å². The van der Waals surface area contributed by atoms with E-state index in [9.17, 15) is 4.39 Å². The zero-order chi connectivity index (χ0) is 14.5. The quantitative estimate of drug-likeness (QED) is 0.909. The summed E-state index contributed by atoms with van der Waals surface area (Å²) in [5, 5.41) is 3.11. The van der Waals surface area contributed by atoms with E-state index in [0.29, 0.717) is 17.9 Å². The Balaban J connectivity index is 2.29. The number of aromatic nitrogens is 2. The molecular weight excluding hydrogens is 325 g/mol. The summed E-state index contributed by atoms with van der Waals surface area (Å²) >= 11 is 3.39. The molecule has 1 N–H and O–H groups in total. The molecule has 0 radical (unpaired) electrons. The summed E-state index contributed by atoms with van der Waals surface area (Å²) in [6.45, 7) is 0. The number of rotatable bonds is 5. The van der Waals surface area contributed by atoms with Crippen LogP contribution in [-0.4, -0.2) is 24.1 Å². The van der Waals surface area contributed by atoms with Crippen LogP contribution in [0.3, 0.4) is 0 Å². The van der Waals surface area contributed by atoms with Gasteiger partial charge in [0.25, 0.3) is 0 Å². The molecule has 0 aliphatic heterocycles. The fourth-order valence-corrected chi connectivity index (χ4v) is 2.62. The van der Waals surface area contributed by atoms with Crippen molar-refractivity contribution >= 4 is 15.9 Å². The van der Waals surface area contributed by atoms with Crippen molar-refractivity contribution in [2.24, 2.45) is 0 Å². The van der Waals surface area contributed by atoms with E-state index in [4.69, 9.17) is 4.74 Å². The summed E-state index contributed by atoms with van der Waals surface area (Å²) in [5.41, 5.74) is 1.37. The number of nitrogens with zero attached hydrogens (tertiary/aromatic N) is 2. The molecular formula is C14H15BrFN3O. The lowest BCUT2D eigenvalue weighted by Crippen LogP contribution is -2.21. The van der Waals surface area contributed by atoms with E-state index in [-0.39, 0.29) is 11.9 Å². The highest BCUT2D eigenvalue weighted by Crippen LogP contribution is 2.28. The number of methoxy groups -OCH3 is 1. The number of hydrogen-bond acceptors (Lipinski definition) is 4. The van der Waals surface area contributed by atoms with Crippen molar-refractivity contribution in [3.05, 3.63) is 52.1 Å². The number of nitrogens with one attached hydrogen (secondary N) is 1. The molecule has 6 heteroatoms. The molecule has 106 valence electrons. The zero-order valence-corrected chi connectivity index (χ0v) is 12.8. The maximum Gasteiger partial charge on any atom is 0.216 e. The molecule has 1 heterocycles. The molecule has 20 heavy (non-hydrogen) atoms. The van der Waals surface area contributed by atoms with Gasteiger partial charge in [0.2, 0.25) is 5.88 Å². The first kappa shape index (κ1) is 14.9. The number of benzene rings is 1. The van der Waals surface area contributed by atoms with E-state index in [1.807, 2.05) is 6.07 Å². The molecule has 1 atom stereocenters. The van der Waals surface area contributed by atoms with Crippen LogP contribution in [0.15, 0.2) is 35.1 Å². The molecule has 0 spiro atoms. The molecule has 0 amide bonds. The second-order valence-electron chi connectivity index (χ2n) is 4.23. The van der Waals surface area contributed by atoms with Crippen LogP contribution in [0.4, 0.5) is 4.39 Å². The van der Waals surface area contributed by atoms with Gasteiger partial charge < -0.3 is 10.1 Å². The Morgan fingerprint density at radius 1 is 1.40 bits per heavy atom. The summed E-state index contributed by atoms with van der Waals surface area (Å²) in [6.07, 6.45) is 1.98. The van der Waals surface area contributed by atoms with Crippen molar-refractivity contribution in [2.75, 3.05) is 14.2 Å². The first-order valence-corrected chi connectivity index (χ1v) is 6.91. The Hall–Kier alpha value is -1.53. The van der Waals surface area contributed by atoms with Crippen LogP contribution in [0, 0.1) is 5.82 Å². The topological polar surface area (TPSA) is 47.0 Å². The van der Waals surface area contributed by atoms with Crippen LogP contribution in [0.5, 0.6) is 5.88 Å². The Bertz CT molecular complexity index is 574. The average Bonchev–Trinajstić information content (AvgIpc) is 2.46. The monoisotopic (exact) mass is 339 g/mol. The molecule has 2 aromatic rings. The van der Waals surface area contributed by atoms with E-state index < -0.39 is 0 Å². The lowest BCUT2D eigenvalue weighted by molar-refractivity contribution is 0.395. The maximum atomic E-state index is 14.0. The Kier molecular flexibility index (Phi) is 5.03. The minimum Gasteiger partial charge on any atom is -0.481 e. The molecule has 1 aromatic carbocycles. The van der Waals surface area contributed by atoms with Gasteiger partial charge in [-0.25, -0.2) is 14.4 Å². The van der Waals surface area contributed by atoms with Crippen LogP contribution < -0.4 is 10.1 Å². The highest BCUT2D eigenvalue weighted by atomic mass is 79.9. The maximum absolute atomic E-state index is 14.0. The third-order valence-electron chi connectivity index (χ3n) is 3.02. The van der Waals surface area contributed by atoms with Crippen molar-refractivity contribution in [3.8, 4) is 5.88 Å². The van der Waals surface area contributed by atoms with Crippen molar-refractivity contribution in [2.45, 2.75) is 12.5 Å². The van der Waals surface area contributed by atoms with Gasteiger partial charge >= 0.3 is 0 Å². The van der Waals surface area contributed by atoms with Gasteiger partial charge in [0.15, 0.2) is 0 Å². The predicted molar refractivity (Wildman–Crippen MR) is 78.2 cm³/mol. The molecule has 1 unspecified atom stereocenters. The molecule has 0 fully saturated rings. The summed E-state index contributed by atoms with van der Waals surface area (Å²) in [7, 11) is 3.34. The summed E-state index contributed by atoms with van der Waals surface area (Å²) in [5.74, 6) is 0.247. The fraction of sp³-hybridized carbons (Fsp3) is 0.286. The first-order chi connectivity index (χ1) is 9.65. The third kappa shape index (κ3) is 3.32. The molecule has 0 aliphatic rings. The molecule has 2 rings (SSSR count). The van der Waals surface area contributed by atoms with Crippen LogP contribution in [0.1, 0.15) is 17.3 Å². The minimum absolute atomic E-state index is 0.190. The summed E-state index contributed by atoms with van der Waals surface area (Å²) in [4.78, 5) is 8.15. The third-order valence-corrected chi connectivity index (χ3v) is 3.71. The Morgan fingerprint density at radius 2 is 2.20 bits per heavy atom. The lowest BCUT2D eigenvalue weighted by atomic mass is 10.0. The Morgan fingerprint density at radius 3 is 2.85 bits per heavy atom. The average molecular weight is 340 g/mol.